The highest BCUT2D eigenvalue weighted by atomic mass is 32.2. The predicted molar refractivity (Wildman–Crippen MR) is 87.8 cm³/mol. The summed E-state index contributed by atoms with van der Waals surface area (Å²) in [5, 5.41) is 5.11. The molecule has 0 aliphatic carbocycles. The van der Waals surface area contributed by atoms with E-state index in [1.54, 1.807) is 13.0 Å². The van der Waals surface area contributed by atoms with Crippen molar-refractivity contribution in [3.8, 4) is 0 Å². The van der Waals surface area contributed by atoms with Crippen molar-refractivity contribution >= 4 is 27.1 Å². The van der Waals surface area contributed by atoms with Crippen molar-refractivity contribution in [1.29, 1.82) is 0 Å². The third kappa shape index (κ3) is 4.51. The van der Waals surface area contributed by atoms with E-state index in [-0.39, 0.29) is 17.1 Å². The number of sulfone groups is 1. The van der Waals surface area contributed by atoms with Gasteiger partial charge in [-0.25, -0.2) is 17.2 Å². The zero-order valence-corrected chi connectivity index (χ0v) is 13.9. The molecule has 128 valence electrons. The maximum atomic E-state index is 13.5. The van der Waals surface area contributed by atoms with Crippen LogP contribution in [0.15, 0.2) is 41.3 Å². The van der Waals surface area contributed by atoms with Gasteiger partial charge in [0, 0.05) is 18.0 Å². The molecule has 0 unspecified atom stereocenters. The van der Waals surface area contributed by atoms with Crippen LogP contribution in [0.4, 0.5) is 20.2 Å². The third-order valence-corrected chi connectivity index (χ3v) is 4.39. The zero-order chi connectivity index (χ0) is 17.9. The number of anilines is 2. The molecule has 1 amide bonds. The average molecular weight is 354 g/mol. The fourth-order valence-corrected chi connectivity index (χ4v) is 2.63. The molecule has 0 aromatic heterocycles. The lowest BCUT2D eigenvalue weighted by molar-refractivity contribution is -0.114. The van der Waals surface area contributed by atoms with E-state index in [4.69, 9.17) is 0 Å². The minimum atomic E-state index is -3.36. The first-order valence-electron chi connectivity index (χ1n) is 6.96. The monoisotopic (exact) mass is 354 g/mol. The molecule has 24 heavy (non-hydrogen) atoms. The van der Waals surface area contributed by atoms with Gasteiger partial charge in [0.05, 0.1) is 17.1 Å². The lowest BCUT2D eigenvalue weighted by Crippen LogP contribution is -2.22. The highest BCUT2D eigenvalue weighted by Crippen LogP contribution is 2.20. The number of benzene rings is 2. The fraction of sp³-hybridized carbons (Fsp3) is 0.188. The van der Waals surface area contributed by atoms with Crippen LogP contribution >= 0.6 is 0 Å². The van der Waals surface area contributed by atoms with Crippen LogP contribution in [0.1, 0.15) is 5.56 Å². The molecule has 0 aliphatic rings. The molecule has 2 aromatic rings. The molecule has 0 spiro atoms. The predicted octanol–water partition coefficient (Wildman–Crippen LogP) is 2.73. The summed E-state index contributed by atoms with van der Waals surface area (Å²) in [5.41, 5.74) is 1.10. The molecule has 0 saturated carbocycles. The first-order chi connectivity index (χ1) is 11.2. The zero-order valence-electron chi connectivity index (χ0n) is 13.1. The number of carbonyl (C=O) groups is 1. The summed E-state index contributed by atoms with van der Waals surface area (Å²) in [5.74, 6) is -2.17. The third-order valence-electron chi connectivity index (χ3n) is 3.28. The second kappa shape index (κ2) is 6.96. The summed E-state index contributed by atoms with van der Waals surface area (Å²) in [7, 11) is -3.36. The van der Waals surface area contributed by atoms with E-state index in [0.29, 0.717) is 11.8 Å². The van der Waals surface area contributed by atoms with Gasteiger partial charge in [-0.05, 0) is 36.8 Å². The molecule has 0 saturated heterocycles. The van der Waals surface area contributed by atoms with Gasteiger partial charge in [0.15, 0.2) is 9.84 Å². The largest absolute Gasteiger partial charge is 0.376 e. The Morgan fingerprint density at radius 1 is 1.08 bits per heavy atom. The van der Waals surface area contributed by atoms with Crippen molar-refractivity contribution in [3.05, 3.63) is 53.6 Å². The van der Waals surface area contributed by atoms with Gasteiger partial charge in [-0.15, -0.1) is 0 Å². The number of nitrogens with one attached hydrogen (secondary N) is 2. The minimum Gasteiger partial charge on any atom is -0.376 e. The highest BCUT2D eigenvalue weighted by Gasteiger charge is 2.11. The van der Waals surface area contributed by atoms with Crippen LogP contribution in [0.5, 0.6) is 0 Å². The summed E-state index contributed by atoms with van der Waals surface area (Å²) < 4.78 is 49.4. The number of carbonyl (C=O) groups excluding carboxylic acids is 1. The van der Waals surface area contributed by atoms with Gasteiger partial charge in [-0.3, -0.25) is 4.79 Å². The molecule has 0 fully saturated rings. The van der Waals surface area contributed by atoms with Crippen LogP contribution in [0, 0.1) is 18.6 Å². The van der Waals surface area contributed by atoms with E-state index in [9.17, 15) is 22.0 Å². The van der Waals surface area contributed by atoms with E-state index < -0.39 is 27.4 Å². The van der Waals surface area contributed by atoms with E-state index in [1.807, 2.05) is 0 Å². The molecule has 2 aromatic carbocycles. The van der Waals surface area contributed by atoms with Gasteiger partial charge in [0.1, 0.15) is 11.6 Å². The van der Waals surface area contributed by atoms with Gasteiger partial charge in [-0.2, -0.15) is 0 Å². The molecule has 0 bridgehead atoms. The standard InChI is InChI=1S/C16H16F2N2O3S/c1-10-3-5-12(24(2,22)23)8-15(10)19-9-16(21)20-14-6-4-11(17)7-13(14)18/h3-8,19H,9H2,1-2H3,(H,20,21). The number of rotatable bonds is 5. The van der Waals surface area contributed by atoms with Crippen LogP contribution in [0.25, 0.3) is 0 Å². The summed E-state index contributed by atoms with van der Waals surface area (Å²) in [4.78, 5) is 12.0. The second-order valence-corrected chi connectivity index (χ2v) is 7.29. The number of aryl methyl sites for hydroxylation is 1. The van der Waals surface area contributed by atoms with Crippen molar-refractivity contribution in [2.24, 2.45) is 0 Å². The molecule has 5 nitrogen and oxygen atoms in total. The van der Waals surface area contributed by atoms with Crippen LogP contribution in [0.2, 0.25) is 0 Å². The van der Waals surface area contributed by atoms with Crippen molar-refractivity contribution in [2.45, 2.75) is 11.8 Å². The molecule has 0 radical (unpaired) electrons. The molecular weight excluding hydrogens is 338 g/mol. The van der Waals surface area contributed by atoms with Gasteiger partial charge >= 0.3 is 0 Å². The quantitative estimate of drug-likeness (QED) is 0.866. The van der Waals surface area contributed by atoms with Crippen LogP contribution in [0.3, 0.4) is 0 Å². The van der Waals surface area contributed by atoms with Gasteiger partial charge in [0.25, 0.3) is 0 Å². The fourth-order valence-electron chi connectivity index (χ4n) is 1.98. The first-order valence-corrected chi connectivity index (χ1v) is 8.85. The Labute approximate surface area is 138 Å². The van der Waals surface area contributed by atoms with E-state index in [2.05, 4.69) is 10.6 Å². The molecule has 0 atom stereocenters. The Morgan fingerprint density at radius 2 is 1.79 bits per heavy atom. The van der Waals surface area contributed by atoms with Crippen LogP contribution < -0.4 is 10.6 Å². The lowest BCUT2D eigenvalue weighted by Gasteiger charge is -2.12. The Kier molecular flexibility index (Phi) is 5.18. The van der Waals surface area contributed by atoms with Gasteiger partial charge < -0.3 is 10.6 Å². The van der Waals surface area contributed by atoms with Gasteiger partial charge in [0.2, 0.25) is 5.91 Å². The number of hydrogen-bond donors (Lipinski definition) is 2. The van der Waals surface area contributed by atoms with Crippen molar-refractivity contribution < 1.29 is 22.0 Å². The van der Waals surface area contributed by atoms with E-state index in [1.165, 1.54) is 12.1 Å². The van der Waals surface area contributed by atoms with Crippen molar-refractivity contribution in [3.63, 3.8) is 0 Å². The number of amides is 1. The maximum absolute atomic E-state index is 13.5. The molecule has 0 heterocycles. The first kappa shape index (κ1) is 17.9. The summed E-state index contributed by atoms with van der Waals surface area (Å²) in [6, 6.07) is 7.35. The molecule has 0 aliphatic heterocycles. The number of halogens is 2. The SMILES string of the molecule is Cc1ccc(S(C)(=O)=O)cc1NCC(=O)Nc1ccc(F)cc1F. The van der Waals surface area contributed by atoms with Gasteiger partial charge in [-0.1, -0.05) is 6.07 Å². The Balaban J connectivity index is 2.06. The normalized spacial score (nSPS) is 11.2. The van der Waals surface area contributed by atoms with Crippen LogP contribution in [-0.2, 0) is 14.6 Å². The topological polar surface area (TPSA) is 75.3 Å². The average Bonchev–Trinajstić information content (AvgIpc) is 2.48. The summed E-state index contributed by atoms with van der Waals surface area (Å²) in [6.07, 6.45) is 1.09. The Bertz CT molecular complexity index is 883. The smallest absolute Gasteiger partial charge is 0.243 e. The molecule has 2 N–H and O–H groups in total. The van der Waals surface area contributed by atoms with Crippen molar-refractivity contribution in [2.75, 3.05) is 23.4 Å². The van der Waals surface area contributed by atoms with Crippen molar-refractivity contribution in [1.82, 2.24) is 0 Å². The highest BCUT2D eigenvalue weighted by molar-refractivity contribution is 7.90. The van der Waals surface area contributed by atoms with E-state index >= 15 is 0 Å². The molecule has 2 rings (SSSR count). The Hall–Kier alpha value is -2.48. The summed E-state index contributed by atoms with van der Waals surface area (Å²) in [6.45, 7) is 1.55. The summed E-state index contributed by atoms with van der Waals surface area (Å²) >= 11 is 0. The minimum absolute atomic E-state index is 0.126. The van der Waals surface area contributed by atoms with E-state index in [0.717, 1.165) is 24.0 Å². The second-order valence-electron chi connectivity index (χ2n) is 5.27. The number of hydrogen-bond acceptors (Lipinski definition) is 4. The lowest BCUT2D eigenvalue weighted by atomic mass is 10.2. The Morgan fingerprint density at radius 3 is 2.42 bits per heavy atom. The molecular formula is C16H16F2N2O3S. The maximum Gasteiger partial charge on any atom is 0.243 e. The van der Waals surface area contributed by atoms with Crippen LogP contribution in [-0.4, -0.2) is 27.1 Å². The molecule has 8 heteroatoms.